The molecule has 0 saturated carbocycles. The van der Waals surface area contributed by atoms with E-state index in [-0.39, 0.29) is 16.5 Å². The largest absolute Gasteiger partial charge is 0.507 e. The summed E-state index contributed by atoms with van der Waals surface area (Å²) in [6.45, 7) is 7.73. The van der Waals surface area contributed by atoms with Crippen LogP contribution >= 0.6 is 46.3 Å². The van der Waals surface area contributed by atoms with Gasteiger partial charge in [-0.3, -0.25) is 14.5 Å². The fraction of sp³-hybridized carbons (Fsp3) is 0.161. The van der Waals surface area contributed by atoms with Crippen molar-refractivity contribution in [3.05, 3.63) is 117 Å². The molecule has 1 aromatic heterocycles. The van der Waals surface area contributed by atoms with Gasteiger partial charge >= 0.3 is 5.91 Å². The first-order chi connectivity index (χ1) is 20.2. The highest BCUT2D eigenvalue weighted by atomic mass is 35.5. The molecule has 4 aromatic rings. The van der Waals surface area contributed by atoms with E-state index in [4.69, 9.17) is 27.9 Å². The van der Waals surface area contributed by atoms with Crippen molar-refractivity contribution < 1.29 is 19.4 Å². The van der Waals surface area contributed by atoms with Gasteiger partial charge in [-0.1, -0.05) is 94.9 Å². The maximum Gasteiger partial charge on any atom is 0.301 e. The molecule has 11 heteroatoms. The lowest BCUT2D eigenvalue weighted by atomic mass is 9.93. The van der Waals surface area contributed by atoms with Crippen LogP contribution in [-0.2, 0) is 15.3 Å². The second kappa shape index (κ2) is 12.7. The van der Waals surface area contributed by atoms with Crippen molar-refractivity contribution in [3.8, 4) is 5.75 Å². The first kappa shape index (κ1) is 29.8. The van der Waals surface area contributed by atoms with Crippen molar-refractivity contribution in [3.63, 3.8) is 0 Å². The van der Waals surface area contributed by atoms with Crippen LogP contribution < -0.4 is 9.64 Å². The minimum absolute atomic E-state index is 0.0224. The van der Waals surface area contributed by atoms with Gasteiger partial charge in [-0.05, 0) is 60.9 Å². The molecule has 1 N–H and O–H groups in total. The number of carbonyl (C=O) groups is 2. The van der Waals surface area contributed by atoms with Gasteiger partial charge in [0.25, 0.3) is 5.78 Å². The molecule has 1 fully saturated rings. The van der Waals surface area contributed by atoms with E-state index in [1.807, 2.05) is 32.0 Å². The Hall–Kier alpha value is -3.63. The molecular weight excluding hydrogens is 613 g/mol. The lowest BCUT2D eigenvalue weighted by Crippen LogP contribution is -2.29. The van der Waals surface area contributed by atoms with Gasteiger partial charge in [0, 0.05) is 21.4 Å². The molecule has 0 spiro atoms. The van der Waals surface area contributed by atoms with Gasteiger partial charge in [0.2, 0.25) is 5.13 Å². The van der Waals surface area contributed by atoms with Crippen LogP contribution in [0.1, 0.15) is 33.9 Å². The van der Waals surface area contributed by atoms with Crippen LogP contribution in [0.2, 0.25) is 10.0 Å². The summed E-state index contributed by atoms with van der Waals surface area (Å²) >= 11 is 14.9. The number of anilines is 1. The molecular formula is C31H25Cl2N3O4S2. The predicted molar refractivity (Wildman–Crippen MR) is 169 cm³/mol. The molecule has 2 heterocycles. The van der Waals surface area contributed by atoms with Crippen molar-refractivity contribution in [2.75, 3.05) is 11.5 Å². The number of hydrogen-bond acceptors (Lipinski definition) is 8. The quantitative estimate of drug-likeness (QED) is 0.0497. The molecule has 0 radical (unpaired) electrons. The zero-order valence-electron chi connectivity index (χ0n) is 22.6. The average molecular weight is 639 g/mol. The summed E-state index contributed by atoms with van der Waals surface area (Å²) in [5, 5.41) is 21.4. The molecule has 1 aliphatic heterocycles. The molecule has 5 rings (SSSR count). The molecule has 0 aliphatic carbocycles. The summed E-state index contributed by atoms with van der Waals surface area (Å²) in [6, 6.07) is 16.9. The van der Waals surface area contributed by atoms with Crippen LogP contribution in [0.5, 0.6) is 5.75 Å². The van der Waals surface area contributed by atoms with E-state index in [1.165, 1.54) is 28.0 Å². The van der Waals surface area contributed by atoms with Gasteiger partial charge in [0.15, 0.2) is 4.34 Å². The maximum atomic E-state index is 13.6. The third-order valence-corrected chi connectivity index (χ3v) is 9.32. The Morgan fingerprint density at radius 2 is 1.86 bits per heavy atom. The number of aromatic nitrogens is 2. The standard InChI is InChI=1S/C31H25Cl2N3O4S2/c1-4-13-40-22-11-8-19(9-12-22)26-25(27(37)23-14-17(2)5-6-18(23)3)28(38)29(39)36(26)30-34-35-31(42-30)41-16-20-7-10-21(32)15-24(20)33/h4-12,14-15,26,37H,1,13,16H2,2-3H3/b27-25+. The fourth-order valence-electron chi connectivity index (χ4n) is 4.52. The number of hydrogen-bond donors (Lipinski definition) is 1. The third kappa shape index (κ3) is 6.10. The summed E-state index contributed by atoms with van der Waals surface area (Å²) in [6.07, 6.45) is 1.64. The normalized spacial score (nSPS) is 16.2. The van der Waals surface area contributed by atoms with Crippen molar-refractivity contribution in [2.24, 2.45) is 0 Å². The van der Waals surface area contributed by atoms with E-state index >= 15 is 0 Å². The molecule has 42 heavy (non-hydrogen) atoms. The van der Waals surface area contributed by atoms with Gasteiger partial charge in [-0.2, -0.15) is 0 Å². The van der Waals surface area contributed by atoms with Crippen molar-refractivity contribution in [2.45, 2.75) is 30.0 Å². The highest BCUT2D eigenvalue weighted by Gasteiger charge is 2.48. The monoisotopic (exact) mass is 637 g/mol. The number of amides is 1. The molecule has 1 aliphatic rings. The molecule has 1 amide bonds. The topological polar surface area (TPSA) is 92.6 Å². The Bertz CT molecular complexity index is 1720. The molecule has 214 valence electrons. The first-order valence-corrected chi connectivity index (χ1v) is 15.4. The number of nitrogens with zero attached hydrogens (tertiary/aromatic N) is 3. The van der Waals surface area contributed by atoms with Crippen LogP contribution in [0.3, 0.4) is 0 Å². The minimum atomic E-state index is -0.935. The van der Waals surface area contributed by atoms with Crippen LogP contribution in [-0.4, -0.2) is 33.6 Å². The first-order valence-electron chi connectivity index (χ1n) is 12.8. The van der Waals surface area contributed by atoms with Crippen LogP contribution in [0.15, 0.2) is 83.2 Å². The molecule has 1 saturated heterocycles. The number of aryl methyl sites for hydroxylation is 2. The van der Waals surface area contributed by atoms with E-state index in [0.29, 0.717) is 43.6 Å². The van der Waals surface area contributed by atoms with E-state index in [9.17, 15) is 14.7 Å². The average Bonchev–Trinajstić information content (AvgIpc) is 3.54. The van der Waals surface area contributed by atoms with Gasteiger partial charge in [-0.15, -0.1) is 10.2 Å². The smallest absolute Gasteiger partial charge is 0.301 e. The Morgan fingerprint density at radius 1 is 1.10 bits per heavy atom. The number of aliphatic hydroxyl groups is 1. The number of aliphatic hydroxyl groups excluding tert-OH is 1. The number of carbonyl (C=O) groups excluding carboxylic acids is 2. The second-order valence-corrected chi connectivity index (χ2v) is 12.6. The van der Waals surface area contributed by atoms with Gasteiger partial charge in [0.1, 0.15) is 18.1 Å². The lowest BCUT2D eigenvalue weighted by molar-refractivity contribution is -0.132. The Morgan fingerprint density at radius 3 is 2.57 bits per heavy atom. The highest BCUT2D eigenvalue weighted by molar-refractivity contribution is 8.00. The highest BCUT2D eigenvalue weighted by Crippen LogP contribution is 2.44. The molecule has 3 aromatic carbocycles. The summed E-state index contributed by atoms with van der Waals surface area (Å²) in [5.74, 6) is -0.743. The van der Waals surface area contributed by atoms with Gasteiger partial charge < -0.3 is 9.84 Å². The fourth-order valence-corrected chi connectivity index (χ4v) is 6.95. The van der Waals surface area contributed by atoms with Crippen LogP contribution in [0.25, 0.3) is 5.76 Å². The number of Topliss-reactive ketones (excluding diaryl/α,β-unsaturated/α-hetero) is 1. The van der Waals surface area contributed by atoms with Crippen molar-refractivity contribution in [1.82, 2.24) is 10.2 Å². The zero-order valence-corrected chi connectivity index (χ0v) is 25.8. The molecule has 1 atom stereocenters. The minimum Gasteiger partial charge on any atom is -0.507 e. The second-order valence-electron chi connectivity index (χ2n) is 9.53. The summed E-state index contributed by atoms with van der Waals surface area (Å²) in [4.78, 5) is 28.4. The number of halogens is 2. The van der Waals surface area contributed by atoms with Gasteiger partial charge in [-0.25, -0.2) is 0 Å². The number of ether oxygens (including phenoxy) is 1. The Kier molecular flexibility index (Phi) is 9.03. The molecule has 1 unspecified atom stereocenters. The van der Waals surface area contributed by atoms with E-state index in [0.717, 1.165) is 16.7 Å². The Balaban J connectivity index is 1.55. The van der Waals surface area contributed by atoms with E-state index < -0.39 is 17.7 Å². The number of benzene rings is 3. The zero-order chi connectivity index (χ0) is 30.0. The van der Waals surface area contributed by atoms with Crippen molar-refractivity contribution >= 4 is 68.9 Å². The van der Waals surface area contributed by atoms with Crippen LogP contribution in [0, 0.1) is 13.8 Å². The number of thioether (sulfide) groups is 1. The molecule has 0 bridgehead atoms. The van der Waals surface area contributed by atoms with Crippen molar-refractivity contribution in [1.29, 1.82) is 0 Å². The summed E-state index contributed by atoms with van der Waals surface area (Å²) in [7, 11) is 0. The maximum absolute atomic E-state index is 13.6. The van der Waals surface area contributed by atoms with E-state index in [2.05, 4.69) is 16.8 Å². The SMILES string of the molecule is C=CCOc1ccc(C2/C(=C(\O)c3cc(C)ccc3C)C(=O)C(=O)N2c2nnc(SCc3ccc(Cl)cc3Cl)s2)cc1. The molecule has 7 nitrogen and oxygen atoms in total. The number of rotatable bonds is 9. The van der Waals surface area contributed by atoms with E-state index in [1.54, 1.807) is 48.5 Å². The third-order valence-electron chi connectivity index (χ3n) is 6.62. The predicted octanol–water partition coefficient (Wildman–Crippen LogP) is 7.95. The number of ketones is 1. The Labute approximate surface area is 261 Å². The summed E-state index contributed by atoms with van der Waals surface area (Å²) < 4.78 is 6.20. The summed E-state index contributed by atoms with van der Waals surface area (Å²) in [5.41, 5.74) is 3.61. The van der Waals surface area contributed by atoms with Crippen LogP contribution in [0.4, 0.5) is 5.13 Å². The van der Waals surface area contributed by atoms with Gasteiger partial charge in [0.05, 0.1) is 11.6 Å². The lowest BCUT2D eigenvalue weighted by Gasteiger charge is -2.23.